The van der Waals surface area contributed by atoms with Gasteiger partial charge in [-0.15, -0.1) is 6.58 Å². The molecule has 1 rings (SSSR count). The summed E-state index contributed by atoms with van der Waals surface area (Å²) in [7, 11) is 0. The van der Waals surface area contributed by atoms with Gasteiger partial charge in [0.05, 0.1) is 5.56 Å². The maximum absolute atomic E-state index is 11.8. The van der Waals surface area contributed by atoms with Crippen molar-refractivity contribution in [1.82, 2.24) is 10.6 Å². The molecule has 0 aliphatic rings. The van der Waals surface area contributed by atoms with Gasteiger partial charge in [0.15, 0.2) is 6.61 Å². The highest BCUT2D eigenvalue weighted by Crippen LogP contribution is 2.09. The first-order chi connectivity index (χ1) is 9.92. The van der Waals surface area contributed by atoms with E-state index in [4.69, 9.17) is 4.74 Å². The van der Waals surface area contributed by atoms with Gasteiger partial charge in [-0.2, -0.15) is 0 Å². The van der Waals surface area contributed by atoms with Crippen LogP contribution in [-0.2, 0) is 9.53 Å². The van der Waals surface area contributed by atoms with E-state index in [9.17, 15) is 14.4 Å². The minimum absolute atomic E-state index is 0.238. The summed E-state index contributed by atoms with van der Waals surface area (Å²) in [4.78, 5) is 34.4. The highest BCUT2D eigenvalue weighted by atomic mass is 16.5. The second-order valence-corrected chi connectivity index (χ2v) is 4.50. The van der Waals surface area contributed by atoms with Gasteiger partial charge in [-0.05, 0) is 26.0 Å². The average Bonchev–Trinajstić information content (AvgIpc) is 2.41. The molecule has 0 aliphatic heterocycles. The van der Waals surface area contributed by atoms with Crippen LogP contribution < -0.4 is 10.6 Å². The largest absolute Gasteiger partial charge is 0.452 e. The fourth-order valence-corrected chi connectivity index (χ4v) is 1.68. The van der Waals surface area contributed by atoms with Crippen molar-refractivity contribution in [3.05, 3.63) is 47.5 Å². The number of hydrogen-bond donors (Lipinski definition) is 2. The van der Waals surface area contributed by atoms with E-state index in [2.05, 4.69) is 11.9 Å². The highest BCUT2D eigenvalue weighted by molar-refractivity contribution is 5.97. The van der Waals surface area contributed by atoms with E-state index >= 15 is 0 Å². The lowest BCUT2D eigenvalue weighted by atomic mass is 10.1. The van der Waals surface area contributed by atoms with Crippen molar-refractivity contribution in [3.8, 4) is 0 Å². The monoisotopic (exact) mass is 290 g/mol. The van der Waals surface area contributed by atoms with E-state index in [0.717, 1.165) is 11.1 Å². The Morgan fingerprint density at radius 2 is 1.81 bits per heavy atom. The molecule has 6 nitrogen and oxygen atoms in total. The number of nitrogens with one attached hydrogen (secondary N) is 2. The molecular weight excluding hydrogens is 272 g/mol. The van der Waals surface area contributed by atoms with Gasteiger partial charge in [-0.1, -0.05) is 23.3 Å². The molecule has 1 aromatic carbocycles. The number of imide groups is 1. The summed E-state index contributed by atoms with van der Waals surface area (Å²) in [6, 6.07) is 4.60. The molecule has 21 heavy (non-hydrogen) atoms. The number of ether oxygens (including phenoxy) is 1. The number of esters is 1. The lowest BCUT2D eigenvalue weighted by Crippen LogP contribution is -2.41. The van der Waals surface area contributed by atoms with Crippen molar-refractivity contribution in [2.75, 3.05) is 13.2 Å². The highest BCUT2D eigenvalue weighted by Gasteiger charge is 2.12. The van der Waals surface area contributed by atoms with Crippen LogP contribution in [0.25, 0.3) is 0 Å². The van der Waals surface area contributed by atoms with Crippen LogP contribution in [0.4, 0.5) is 4.79 Å². The Hall–Kier alpha value is -2.63. The third kappa shape index (κ3) is 5.90. The Morgan fingerprint density at radius 3 is 2.38 bits per heavy atom. The molecule has 2 N–H and O–H groups in total. The third-order valence-corrected chi connectivity index (χ3v) is 2.45. The van der Waals surface area contributed by atoms with Crippen LogP contribution in [0, 0.1) is 13.8 Å². The predicted molar refractivity (Wildman–Crippen MR) is 77.9 cm³/mol. The molecule has 0 saturated carbocycles. The smallest absolute Gasteiger partial charge is 0.338 e. The van der Waals surface area contributed by atoms with E-state index in [0.29, 0.717) is 5.56 Å². The Morgan fingerprint density at radius 1 is 1.19 bits per heavy atom. The van der Waals surface area contributed by atoms with Crippen molar-refractivity contribution >= 4 is 17.9 Å². The first-order valence-electron chi connectivity index (χ1n) is 6.36. The van der Waals surface area contributed by atoms with Crippen LogP contribution in [0.1, 0.15) is 21.5 Å². The SMILES string of the molecule is C=CCNC(=O)NC(=O)COC(=O)c1cc(C)cc(C)c1. The molecule has 0 atom stereocenters. The molecule has 6 heteroatoms. The normalized spacial score (nSPS) is 9.62. The van der Waals surface area contributed by atoms with Crippen LogP contribution in [0.2, 0.25) is 0 Å². The fourth-order valence-electron chi connectivity index (χ4n) is 1.68. The van der Waals surface area contributed by atoms with Crippen molar-refractivity contribution in [3.63, 3.8) is 0 Å². The van der Waals surface area contributed by atoms with Crippen LogP contribution in [0.5, 0.6) is 0 Å². The molecule has 0 fully saturated rings. The first-order valence-corrected chi connectivity index (χ1v) is 6.36. The molecular formula is C15H18N2O4. The summed E-state index contributed by atoms with van der Waals surface area (Å²) < 4.78 is 4.85. The van der Waals surface area contributed by atoms with Crippen LogP contribution in [-0.4, -0.2) is 31.1 Å². The first kappa shape index (κ1) is 16.4. The van der Waals surface area contributed by atoms with Crippen molar-refractivity contribution in [2.45, 2.75) is 13.8 Å². The molecule has 0 bridgehead atoms. The molecule has 0 heterocycles. The summed E-state index contributed by atoms with van der Waals surface area (Å²) in [5, 5.41) is 4.40. The van der Waals surface area contributed by atoms with Gasteiger partial charge in [-0.25, -0.2) is 9.59 Å². The summed E-state index contributed by atoms with van der Waals surface area (Å²) in [5.41, 5.74) is 2.22. The topological polar surface area (TPSA) is 84.5 Å². The van der Waals surface area contributed by atoms with E-state index in [-0.39, 0.29) is 6.54 Å². The predicted octanol–water partition coefficient (Wildman–Crippen LogP) is 1.47. The maximum Gasteiger partial charge on any atom is 0.338 e. The molecule has 1 aromatic rings. The van der Waals surface area contributed by atoms with E-state index in [1.165, 1.54) is 6.08 Å². The van der Waals surface area contributed by atoms with Crippen LogP contribution in [0.3, 0.4) is 0 Å². The number of carbonyl (C=O) groups excluding carboxylic acids is 3. The number of amides is 3. The number of urea groups is 1. The minimum Gasteiger partial charge on any atom is -0.452 e. The zero-order valence-corrected chi connectivity index (χ0v) is 12.1. The van der Waals surface area contributed by atoms with Gasteiger partial charge >= 0.3 is 12.0 Å². The van der Waals surface area contributed by atoms with Gasteiger partial charge in [-0.3, -0.25) is 10.1 Å². The molecule has 0 saturated heterocycles. The Bertz CT molecular complexity index is 547. The number of carbonyl (C=O) groups is 3. The Balaban J connectivity index is 2.47. The van der Waals surface area contributed by atoms with E-state index < -0.39 is 24.5 Å². The maximum atomic E-state index is 11.8. The van der Waals surface area contributed by atoms with E-state index in [1.807, 2.05) is 25.2 Å². The van der Waals surface area contributed by atoms with Gasteiger partial charge in [0.1, 0.15) is 0 Å². The standard InChI is InChI=1S/C15H18N2O4/c1-4-5-16-15(20)17-13(18)9-21-14(19)12-7-10(2)6-11(3)8-12/h4,6-8H,1,5,9H2,2-3H3,(H2,16,17,18,20). The van der Waals surface area contributed by atoms with Gasteiger partial charge in [0.25, 0.3) is 5.91 Å². The van der Waals surface area contributed by atoms with Gasteiger partial charge in [0.2, 0.25) is 0 Å². The Kier molecular flexibility index (Phi) is 6.13. The molecule has 0 unspecified atom stereocenters. The number of benzene rings is 1. The number of hydrogen-bond acceptors (Lipinski definition) is 4. The fraction of sp³-hybridized carbons (Fsp3) is 0.267. The lowest BCUT2D eigenvalue weighted by molar-refractivity contribution is -0.123. The second kappa shape index (κ2) is 7.84. The molecule has 0 aliphatic carbocycles. The number of rotatable bonds is 5. The average molecular weight is 290 g/mol. The zero-order valence-electron chi connectivity index (χ0n) is 12.1. The molecule has 112 valence electrons. The zero-order chi connectivity index (χ0) is 15.8. The van der Waals surface area contributed by atoms with Gasteiger partial charge in [0, 0.05) is 6.54 Å². The lowest BCUT2D eigenvalue weighted by Gasteiger charge is -2.07. The molecule has 3 amide bonds. The van der Waals surface area contributed by atoms with Crippen molar-refractivity contribution in [1.29, 1.82) is 0 Å². The molecule has 0 radical (unpaired) electrons. The summed E-state index contributed by atoms with van der Waals surface area (Å²) in [5.74, 6) is -1.31. The Labute approximate surface area is 123 Å². The summed E-state index contributed by atoms with van der Waals surface area (Å²) in [6.07, 6.45) is 1.48. The molecule has 0 spiro atoms. The van der Waals surface area contributed by atoms with Crippen molar-refractivity contribution < 1.29 is 19.1 Å². The van der Waals surface area contributed by atoms with E-state index in [1.54, 1.807) is 12.1 Å². The summed E-state index contributed by atoms with van der Waals surface area (Å²) in [6.45, 7) is 6.86. The van der Waals surface area contributed by atoms with Crippen LogP contribution in [0.15, 0.2) is 30.9 Å². The summed E-state index contributed by atoms with van der Waals surface area (Å²) >= 11 is 0. The molecule has 0 aromatic heterocycles. The quantitative estimate of drug-likeness (QED) is 0.635. The number of aryl methyl sites for hydroxylation is 2. The third-order valence-electron chi connectivity index (χ3n) is 2.45. The van der Waals surface area contributed by atoms with Gasteiger partial charge < -0.3 is 10.1 Å². The minimum atomic E-state index is -0.700. The van der Waals surface area contributed by atoms with Crippen molar-refractivity contribution in [2.24, 2.45) is 0 Å². The van der Waals surface area contributed by atoms with Crippen LogP contribution >= 0.6 is 0 Å². The second-order valence-electron chi connectivity index (χ2n) is 4.50.